The number of carbonyl (C=O) groups is 1. The first-order chi connectivity index (χ1) is 19.5. The zero-order valence-electron chi connectivity index (χ0n) is 21.8. The summed E-state index contributed by atoms with van der Waals surface area (Å²) in [5.41, 5.74) is 1.46. The van der Waals surface area contributed by atoms with Crippen LogP contribution in [0, 0.1) is 0 Å². The van der Waals surface area contributed by atoms with Crippen molar-refractivity contribution < 1.29 is 43.5 Å². The maximum atomic E-state index is 13.0. The first kappa shape index (κ1) is 29.0. The second kappa shape index (κ2) is 11.4. The van der Waals surface area contributed by atoms with Crippen LogP contribution in [0.4, 0.5) is 5.82 Å². The van der Waals surface area contributed by atoms with Crippen molar-refractivity contribution in [3.05, 3.63) is 54.1 Å². The van der Waals surface area contributed by atoms with Crippen molar-refractivity contribution in [3.8, 4) is 0 Å². The van der Waals surface area contributed by atoms with Gasteiger partial charge in [0.2, 0.25) is 5.91 Å². The van der Waals surface area contributed by atoms with Gasteiger partial charge in [-0.15, -0.1) is 0 Å². The quantitative estimate of drug-likeness (QED) is 0.151. The second-order valence-corrected chi connectivity index (χ2v) is 12.0. The van der Waals surface area contributed by atoms with Gasteiger partial charge < -0.3 is 40.9 Å². The van der Waals surface area contributed by atoms with Crippen molar-refractivity contribution in [1.82, 2.24) is 24.8 Å². The van der Waals surface area contributed by atoms with E-state index in [0.717, 1.165) is 17.9 Å². The molecule has 5 rings (SSSR count). The zero-order valence-corrected chi connectivity index (χ0v) is 22.6. The summed E-state index contributed by atoms with van der Waals surface area (Å²) in [5.74, 6) is -0.331. The van der Waals surface area contributed by atoms with Crippen molar-refractivity contribution in [2.24, 2.45) is 0 Å². The molecule has 7 atom stereocenters. The van der Waals surface area contributed by atoms with Gasteiger partial charge in [0.1, 0.15) is 36.8 Å². The SMILES string of the molecule is CS(=O)(=O)c1ccc(CNc2ncnc3c2ncn3[C@@H]2O[C@H](CO)[C@@H](O)[C@H]2NC(=O)C2=CC(O)C(O)C(O)C2)cc1. The van der Waals surface area contributed by atoms with E-state index in [-0.39, 0.29) is 16.9 Å². The van der Waals surface area contributed by atoms with Crippen molar-refractivity contribution in [1.29, 1.82) is 0 Å². The second-order valence-electron chi connectivity index (χ2n) is 10.00. The number of anilines is 1. The normalized spacial score (nSPS) is 28.4. The number of aliphatic hydroxyl groups excluding tert-OH is 5. The number of imidazole rings is 1. The van der Waals surface area contributed by atoms with Gasteiger partial charge in [-0.3, -0.25) is 9.36 Å². The average molecular weight is 591 g/mol. The Morgan fingerprint density at radius 2 is 1.83 bits per heavy atom. The molecule has 7 N–H and O–H groups in total. The first-order valence-corrected chi connectivity index (χ1v) is 14.6. The van der Waals surface area contributed by atoms with E-state index in [2.05, 4.69) is 25.6 Å². The minimum Gasteiger partial charge on any atom is -0.394 e. The number of amides is 1. The molecule has 3 aromatic rings. The summed E-state index contributed by atoms with van der Waals surface area (Å²) < 4.78 is 30.8. The molecule has 220 valence electrons. The molecule has 1 aliphatic carbocycles. The predicted molar refractivity (Wildman–Crippen MR) is 142 cm³/mol. The van der Waals surface area contributed by atoms with Crippen LogP contribution in [-0.4, -0.2) is 109 Å². The Morgan fingerprint density at radius 1 is 1.10 bits per heavy atom. The smallest absolute Gasteiger partial charge is 0.247 e. The molecule has 2 aliphatic rings. The Hall–Kier alpha value is -3.51. The average Bonchev–Trinajstić information content (AvgIpc) is 3.51. The number of hydrogen-bond donors (Lipinski definition) is 7. The number of ether oxygens (including phenoxy) is 1. The van der Waals surface area contributed by atoms with Crippen LogP contribution in [0.15, 0.2) is 53.5 Å². The molecule has 1 aromatic carbocycles. The molecular weight excluding hydrogens is 560 g/mol. The highest BCUT2D eigenvalue weighted by atomic mass is 32.2. The third-order valence-corrected chi connectivity index (χ3v) is 8.26. The van der Waals surface area contributed by atoms with Gasteiger partial charge >= 0.3 is 0 Å². The van der Waals surface area contributed by atoms with Crippen LogP contribution < -0.4 is 10.6 Å². The maximum absolute atomic E-state index is 13.0. The molecule has 1 aliphatic heterocycles. The van der Waals surface area contributed by atoms with Crippen molar-refractivity contribution >= 4 is 32.7 Å². The molecule has 1 amide bonds. The third kappa shape index (κ3) is 5.80. The monoisotopic (exact) mass is 590 g/mol. The number of rotatable bonds is 8. The molecule has 2 aromatic heterocycles. The molecule has 3 unspecified atom stereocenters. The van der Waals surface area contributed by atoms with E-state index in [1.165, 1.54) is 29.4 Å². The Bertz CT molecular complexity index is 1560. The Kier molecular flexibility index (Phi) is 8.06. The van der Waals surface area contributed by atoms with E-state index in [9.17, 15) is 38.7 Å². The van der Waals surface area contributed by atoms with Gasteiger partial charge in [0, 0.05) is 24.8 Å². The third-order valence-electron chi connectivity index (χ3n) is 7.13. The minimum atomic E-state index is -3.32. The molecule has 0 bridgehead atoms. The largest absolute Gasteiger partial charge is 0.394 e. The van der Waals surface area contributed by atoms with Gasteiger partial charge in [-0.05, 0) is 23.8 Å². The van der Waals surface area contributed by atoms with Crippen LogP contribution in [0.3, 0.4) is 0 Å². The van der Waals surface area contributed by atoms with E-state index in [0.29, 0.717) is 23.5 Å². The van der Waals surface area contributed by atoms with Crippen molar-refractivity contribution in [2.75, 3.05) is 18.2 Å². The molecular formula is C25H30N6O9S. The van der Waals surface area contributed by atoms with Crippen LogP contribution in [0.25, 0.3) is 11.2 Å². The highest BCUT2D eigenvalue weighted by molar-refractivity contribution is 7.90. The van der Waals surface area contributed by atoms with E-state index < -0.39 is 65.1 Å². The first-order valence-electron chi connectivity index (χ1n) is 12.7. The summed E-state index contributed by atoms with van der Waals surface area (Å²) in [4.78, 5) is 26.1. The number of benzene rings is 1. The number of nitrogens with one attached hydrogen (secondary N) is 2. The Balaban J connectivity index is 1.37. The molecule has 1 saturated heterocycles. The fourth-order valence-corrected chi connectivity index (χ4v) is 5.49. The number of aromatic nitrogens is 4. The van der Waals surface area contributed by atoms with Gasteiger partial charge in [0.05, 0.1) is 23.9 Å². The van der Waals surface area contributed by atoms with Gasteiger partial charge in [0.25, 0.3) is 0 Å². The summed E-state index contributed by atoms with van der Waals surface area (Å²) in [6.07, 6.45) is -2.90. The zero-order chi connectivity index (χ0) is 29.5. The molecule has 41 heavy (non-hydrogen) atoms. The van der Waals surface area contributed by atoms with E-state index in [1.54, 1.807) is 12.1 Å². The summed E-state index contributed by atoms with van der Waals surface area (Å²) in [6, 6.07) is 5.29. The van der Waals surface area contributed by atoms with Gasteiger partial charge in [-0.1, -0.05) is 12.1 Å². The van der Waals surface area contributed by atoms with Crippen LogP contribution in [-0.2, 0) is 25.9 Å². The summed E-state index contributed by atoms with van der Waals surface area (Å²) >= 11 is 0. The molecule has 3 heterocycles. The van der Waals surface area contributed by atoms with Gasteiger partial charge in [-0.2, -0.15) is 0 Å². The van der Waals surface area contributed by atoms with Crippen LogP contribution in [0.1, 0.15) is 18.2 Å². The number of hydrogen-bond acceptors (Lipinski definition) is 13. The van der Waals surface area contributed by atoms with Crippen molar-refractivity contribution in [3.63, 3.8) is 0 Å². The lowest BCUT2D eigenvalue weighted by molar-refractivity contribution is -0.121. The number of nitrogens with zero attached hydrogens (tertiary/aromatic N) is 4. The molecule has 0 saturated carbocycles. The van der Waals surface area contributed by atoms with Crippen LogP contribution in [0.5, 0.6) is 0 Å². The van der Waals surface area contributed by atoms with Gasteiger partial charge in [0.15, 0.2) is 33.0 Å². The fourth-order valence-electron chi connectivity index (χ4n) is 4.86. The Labute approximate surface area is 234 Å². The minimum absolute atomic E-state index is 0.0163. The summed E-state index contributed by atoms with van der Waals surface area (Å²) in [5, 5.41) is 56.1. The Morgan fingerprint density at radius 3 is 2.49 bits per heavy atom. The predicted octanol–water partition coefficient (Wildman–Crippen LogP) is -2.01. The molecule has 15 nitrogen and oxygen atoms in total. The lowest BCUT2D eigenvalue weighted by Crippen LogP contribution is -2.49. The maximum Gasteiger partial charge on any atom is 0.247 e. The highest BCUT2D eigenvalue weighted by Gasteiger charge is 2.46. The summed E-state index contributed by atoms with van der Waals surface area (Å²) in [7, 11) is -3.32. The lowest BCUT2D eigenvalue weighted by Gasteiger charge is -2.29. The molecule has 0 radical (unpaired) electrons. The molecule has 0 spiro atoms. The molecule has 1 fully saturated rings. The molecule has 16 heteroatoms. The topological polar surface area (TPSA) is 229 Å². The van der Waals surface area contributed by atoms with E-state index >= 15 is 0 Å². The van der Waals surface area contributed by atoms with E-state index in [1.807, 2.05) is 0 Å². The van der Waals surface area contributed by atoms with E-state index in [4.69, 9.17) is 4.74 Å². The van der Waals surface area contributed by atoms with Crippen LogP contribution >= 0.6 is 0 Å². The van der Waals surface area contributed by atoms with Crippen molar-refractivity contribution in [2.45, 2.75) is 60.7 Å². The number of aliphatic hydroxyl groups is 5. The fraction of sp³-hybridized carbons (Fsp3) is 0.440. The summed E-state index contributed by atoms with van der Waals surface area (Å²) in [6.45, 7) is -0.239. The number of fused-ring (bicyclic) bond motifs is 1. The van der Waals surface area contributed by atoms with Gasteiger partial charge in [-0.25, -0.2) is 23.4 Å². The lowest BCUT2D eigenvalue weighted by atomic mass is 9.91. The standard InChI is InChI=1S/C25H30N6O9S/c1-41(38,39)14-4-2-12(3-5-14)8-26-22-19-23(28-10-27-22)31(11-29-19)25-18(21(36)17(9-32)40-25)30-24(37)13-6-15(33)20(35)16(34)7-13/h2-6,10-11,15-18,20-21,25,32-36H,7-9H2,1H3,(H,30,37)(H,26,27,28)/t15?,16?,17-,18-,20?,21-,25-/m1/s1. The van der Waals surface area contributed by atoms with Crippen LogP contribution in [0.2, 0.25) is 0 Å². The highest BCUT2D eigenvalue weighted by Crippen LogP contribution is 2.33. The number of carbonyl (C=O) groups excluding carboxylic acids is 1. The number of sulfone groups is 1.